The molecule has 0 saturated carbocycles. The number of H-pyrrole nitrogens is 1. The number of oxime groups is 1. The van der Waals surface area contributed by atoms with Gasteiger partial charge in [-0.05, 0) is 12.1 Å². The zero-order valence-corrected chi connectivity index (χ0v) is 7.14. The van der Waals surface area contributed by atoms with Crippen LogP contribution < -0.4 is 5.56 Å². The second-order valence-corrected chi connectivity index (χ2v) is 2.71. The van der Waals surface area contributed by atoms with Crippen molar-refractivity contribution in [3.8, 4) is 0 Å². The molecule has 5 nitrogen and oxygen atoms in total. The number of nitrogens with zero attached hydrogens (tertiary/aromatic N) is 2. The Balaban J connectivity index is 2.77. The highest BCUT2D eigenvalue weighted by molar-refractivity contribution is 5.81. The summed E-state index contributed by atoms with van der Waals surface area (Å²) in [6.07, 6.45) is 1.01. The van der Waals surface area contributed by atoms with E-state index in [0.29, 0.717) is 11.0 Å². The van der Waals surface area contributed by atoms with Gasteiger partial charge in [-0.25, -0.2) is 4.98 Å². The molecule has 0 fully saturated rings. The van der Waals surface area contributed by atoms with Crippen molar-refractivity contribution in [2.45, 2.75) is 0 Å². The number of hydrogen-bond donors (Lipinski definition) is 2. The van der Waals surface area contributed by atoms with E-state index in [4.69, 9.17) is 5.21 Å². The highest BCUT2D eigenvalue weighted by atomic mass is 16.4. The molecular weight excluding hydrogens is 182 g/mol. The van der Waals surface area contributed by atoms with Gasteiger partial charge in [-0.1, -0.05) is 17.3 Å². The van der Waals surface area contributed by atoms with Gasteiger partial charge in [0, 0.05) is 0 Å². The second-order valence-electron chi connectivity index (χ2n) is 2.71. The average molecular weight is 189 g/mol. The van der Waals surface area contributed by atoms with Gasteiger partial charge in [0.2, 0.25) is 0 Å². The number of benzene rings is 1. The average Bonchev–Trinajstić information content (AvgIpc) is 2.19. The quantitative estimate of drug-likeness (QED) is 0.394. The first-order chi connectivity index (χ1) is 6.81. The van der Waals surface area contributed by atoms with Crippen LogP contribution in [-0.4, -0.2) is 21.4 Å². The van der Waals surface area contributed by atoms with Crippen LogP contribution in [-0.2, 0) is 0 Å². The molecule has 1 heterocycles. The Kier molecular flexibility index (Phi) is 1.98. The molecule has 0 atom stereocenters. The maximum Gasteiger partial charge on any atom is 0.276 e. The topological polar surface area (TPSA) is 78.3 Å². The lowest BCUT2D eigenvalue weighted by atomic mass is 10.3. The van der Waals surface area contributed by atoms with E-state index in [0.717, 1.165) is 6.21 Å². The van der Waals surface area contributed by atoms with Gasteiger partial charge >= 0.3 is 0 Å². The van der Waals surface area contributed by atoms with Crippen molar-refractivity contribution in [2.24, 2.45) is 5.16 Å². The number of nitrogens with one attached hydrogen (secondary N) is 1. The smallest absolute Gasteiger partial charge is 0.276 e. The fourth-order valence-electron chi connectivity index (χ4n) is 1.19. The highest BCUT2D eigenvalue weighted by Gasteiger charge is 2.00. The van der Waals surface area contributed by atoms with Gasteiger partial charge in [0.15, 0.2) is 5.69 Å². The number of para-hydroxylation sites is 2. The molecule has 0 unspecified atom stereocenters. The maximum atomic E-state index is 11.3. The summed E-state index contributed by atoms with van der Waals surface area (Å²) in [5.41, 5.74) is 1.03. The Morgan fingerprint density at radius 1 is 1.43 bits per heavy atom. The predicted octanol–water partition coefficient (Wildman–Crippen LogP) is 0.731. The molecule has 2 N–H and O–H groups in total. The molecule has 0 aliphatic heterocycles. The molecule has 1 aromatic heterocycles. The molecule has 0 saturated heterocycles. The standard InChI is InChI=1S/C9H7N3O2/c13-9-8(5-10-14)11-6-3-1-2-4-7(6)12-9/h1-5,14H,(H,12,13)/b10-5+. The summed E-state index contributed by atoms with van der Waals surface area (Å²) in [6.45, 7) is 0. The number of rotatable bonds is 1. The normalized spacial score (nSPS) is 11.1. The van der Waals surface area contributed by atoms with Crippen LogP contribution in [0.15, 0.2) is 34.2 Å². The molecule has 0 radical (unpaired) electrons. The van der Waals surface area contributed by atoms with E-state index in [1.807, 2.05) is 6.07 Å². The number of aromatic amines is 1. The van der Waals surface area contributed by atoms with Crippen molar-refractivity contribution in [3.05, 3.63) is 40.3 Å². The number of aromatic nitrogens is 2. The van der Waals surface area contributed by atoms with Gasteiger partial charge < -0.3 is 10.2 Å². The number of hydrogen-bond acceptors (Lipinski definition) is 4. The predicted molar refractivity (Wildman–Crippen MR) is 51.7 cm³/mol. The van der Waals surface area contributed by atoms with E-state index in [-0.39, 0.29) is 11.3 Å². The van der Waals surface area contributed by atoms with Crippen molar-refractivity contribution in [1.29, 1.82) is 0 Å². The molecule has 2 aromatic rings. The second kappa shape index (κ2) is 3.29. The Labute approximate surface area is 78.7 Å². The van der Waals surface area contributed by atoms with Gasteiger partial charge in [-0.2, -0.15) is 0 Å². The van der Waals surface area contributed by atoms with Crippen molar-refractivity contribution in [2.75, 3.05) is 0 Å². The van der Waals surface area contributed by atoms with Crippen LogP contribution in [0.2, 0.25) is 0 Å². The summed E-state index contributed by atoms with van der Waals surface area (Å²) < 4.78 is 0. The molecule has 0 aliphatic carbocycles. The Hall–Kier alpha value is -2.17. The summed E-state index contributed by atoms with van der Waals surface area (Å²) in [5.74, 6) is 0. The Morgan fingerprint density at radius 3 is 3.00 bits per heavy atom. The Morgan fingerprint density at radius 2 is 2.21 bits per heavy atom. The summed E-state index contributed by atoms with van der Waals surface area (Å²) >= 11 is 0. The fourth-order valence-corrected chi connectivity index (χ4v) is 1.19. The maximum absolute atomic E-state index is 11.3. The van der Waals surface area contributed by atoms with Crippen LogP contribution >= 0.6 is 0 Å². The first-order valence-corrected chi connectivity index (χ1v) is 3.98. The molecule has 0 amide bonds. The van der Waals surface area contributed by atoms with Crippen LogP contribution in [0.3, 0.4) is 0 Å². The van der Waals surface area contributed by atoms with Crippen molar-refractivity contribution < 1.29 is 5.21 Å². The zero-order valence-electron chi connectivity index (χ0n) is 7.14. The van der Waals surface area contributed by atoms with Gasteiger partial charge in [-0.15, -0.1) is 0 Å². The van der Waals surface area contributed by atoms with Crippen LogP contribution in [0.1, 0.15) is 5.69 Å². The lowest BCUT2D eigenvalue weighted by Crippen LogP contribution is -2.14. The molecule has 1 aromatic carbocycles. The van der Waals surface area contributed by atoms with Crippen LogP contribution in [0.5, 0.6) is 0 Å². The van der Waals surface area contributed by atoms with Crippen LogP contribution in [0.25, 0.3) is 11.0 Å². The fraction of sp³-hybridized carbons (Fsp3) is 0. The molecule has 2 rings (SSSR count). The van der Waals surface area contributed by atoms with Gasteiger partial charge in [-0.3, -0.25) is 4.79 Å². The number of fused-ring (bicyclic) bond motifs is 1. The van der Waals surface area contributed by atoms with E-state index < -0.39 is 0 Å². The SMILES string of the molecule is O=c1[nH]c2ccccc2nc1/C=N/O. The lowest BCUT2D eigenvalue weighted by Gasteiger charge is -1.96. The minimum absolute atomic E-state index is 0.0891. The van der Waals surface area contributed by atoms with Gasteiger partial charge in [0.05, 0.1) is 17.2 Å². The lowest BCUT2D eigenvalue weighted by molar-refractivity contribution is 0.321. The summed E-state index contributed by atoms with van der Waals surface area (Å²) in [7, 11) is 0. The molecule has 0 spiro atoms. The van der Waals surface area contributed by atoms with E-state index in [2.05, 4.69) is 15.1 Å². The van der Waals surface area contributed by atoms with Gasteiger partial charge in [0.1, 0.15) is 0 Å². The minimum atomic E-state index is -0.374. The monoisotopic (exact) mass is 189 g/mol. The Bertz CT molecular complexity index is 545. The first kappa shape index (κ1) is 8.43. The van der Waals surface area contributed by atoms with E-state index >= 15 is 0 Å². The van der Waals surface area contributed by atoms with Crippen molar-refractivity contribution in [1.82, 2.24) is 9.97 Å². The van der Waals surface area contributed by atoms with Crippen molar-refractivity contribution in [3.63, 3.8) is 0 Å². The van der Waals surface area contributed by atoms with Crippen LogP contribution in [0.4, 0.5) is 0 Å². The minimum Gasteiger partial charge on any atom is -0.411 e. The summed E-state index contributed by atoms with van der Waals surface area (Å²) in [5, 5.41) is 11.1. The van der Waals surface area contributed by atoms with E-state index in [1.165, 1.54) is 0 Å². The molecule has 5 heteroatoms. The van der Waals surface area contributed by atoms with E-state index in [1.54, 1.807) is 18.2 Å². The molecular formula is C9H7N3O2. The summed E-state index contributed by atoms with van der Waals surface area (Å²) in [4.78, 5) is 17.9. The molecule has 14 heavy (non-hydrogen) atoms. The molecule has 0 bridgehead atoms. The first-order valence-electron chi connectivity index (χ1n) is 3.98. The van der Waals surface area contributed by atoms with Crippen molar-refractivity contribution >= 4 is 17.2 Å². The zero-order chi connectivity index (χ0) is 9.97. The molecule has 70 valence electrons. The largest absolute Gasteiger partial charge is 0.411 e. The highest BCUT2D eigenvalue weighted by Crippen LogP contribution is 2.04. The summed E-state index contributed by atoms with van der Waals surface area (Å²) in [6, 6.07) is 7.14. The van der Waals surface area contributed by atoms with Gasteiger partial charge in [0.25, 0.3) is 5.56 Å². The third-order valence-corrected chi connectivity index (χ3v) is 1.81. The molecule has 0 aliphatic rings. The van der Waals surface area contributed by atoms with E-state index in [9.17, 15) is 4.79 Å². The third kappa shape index (κ3) is 1.35. The third-order valence-electron chi connectivity index (χ3n) is 1.81. The van der Waals surface area contributed by atoms with Crippen LogP contribution in [0, 0.1) is 0 Å².